The van der Waals surface area contributed by atoms with Crippen molar-refractivity contribution < 1.29 is 25.2 Å². The van der Waals surface area contributed by atoms with Crippen molar-refractivity contribution in [3.8, 4) is 0 Å². The molecule has 4 fully saturated rings. The number of hydrogen-bond acceptors (Lipinski definition) is 6. The monoisotopic (exact) mass is 1110 g/mol. The Morgan fingerprint density at radius 2 is 1.70 bits per heavy atom. The fraction of sp³-hybridized carbons (Fsp3) is 0.566. The SMILES string of the molecule is CCCCCc1cccc(CC2CC3CC4=C5CC67C=CCC8(C)C(O)CCC4(C4C=c9ccccc9=C(Cc9cccc(c9)C9=CC=C(NCCCC(C%10CCCCC%10)C(=CO)CCC(C(=O)O)C%10C(O)CC5(C2)C3%10C)NC9)C4=C6)C78)c1. The number of carboxylic acid groups (broad SMARTS) is 1. The van der Waals surface area contributed by atoms with E-state index in [1.54, 1.807) is 11.1 Å². The molecule has 15 aliphatic rings. The highest BCUT2D eigenvalue weighted by atomic mass is 16.4. The second kappa shape index (κ2) is 21.5. The number of carboxylic acids is 1. The molecule has 438 valence electrons. The molecule has 14 unspecified atom stereocenters. The molecule has 6 heterocycles. The summed E-state index contributed by atoms with van der Waals surface area (Å²) in [4.78, 5) is 14.5. The molecule has 14 atom stereocenters. The highest BCUT2D eigenvalue weighted by molar-refractivity contribution is 5.78. The molecule has 4 saturated carbocycles. The fourth-order valence-corrected chi connectivity index (χ4v) is 22.1. The van der Waals surface area contributed by atoms with Crippen molar-refractivity contribution in [2.75, 3.05) is 13.1 Å². The fourth-order valence-electron chi connectivity index (χ4n) is 22.1. The molecular formula is C76H94N2O5. The summed E-state index contributed by atoms with van der Waals surface area (Å²) in [6.45, 7) is 8.77. The van der Waals surface area contributed by atoms with Crippen LogP contribution in [0.1, 0.15) is 171 Å². The van der Waals surface area contributed by atoms with Crippen molar-refractivity contribution >= 4 is 23.2 Å². The molecule has 9 aliphatic carbocycles. The molecule has 6 N–H and O–H groups in total. The number of carbonyl (C=O) groups is 1. The zero-order chi connectivity index (χ0) is 56.9. The lowest BCUT2D eigenvalue weighted by atomic mass is 9.29. The van der Waals surface area contributed by atoms with E-state index in [2.05, 4.69) is 141 Å². The second-order valence-corrected chi connectivity index (χ2v) is 29.3. The van der Waals surface area contributed by atoms with Crippen LogP contribution in [0.25, 0.3) is 17.2 Å². The summed E-state index contributed by atoms with van der Waals surface area (Å²) < 4.78 is 0. The van der Waals surface area contributed by atoms with Crippen molar-refractivity contribution in [3.05, 3.63) is 170 Å². The number of hydrogen-bond donors (Lipinski definition) is 6. The van der Waals surface area contributed by atoms with Crippen LogP contribution in [0.3, 0.4) is 0 Å². The van der Waals surface area contributed by atoms with Gasteiger partial charge in [-0.3, -0.25) is 4.79 Å². The summed E-state index contributed by atoms with van der Waals surface area (Å²) in [6, 6.07) is 27.9. The summed E-state index contributed by atoms with van der Waals surface area (Å²) in [5.41, 5.74) is 11.9. The maximum atomic E-state index is 14.5. The van der Waals surface area contributed by atoms with Gasteiger partial charge in [-0.25, -0.2) is 0 Å². The van der Waals surface area contributed by atoms with Gasteiger partial charge in [0.25, 0.3) is 0 Å². The number of nitrogens with one attached hydrogen (secondary N) is 2. The Balaban J connectivity index is 0.956. The van der Waals surface area contributed by atoms with E-state index in [9.17, 15) is 25.2 Å². The van der Waals surface area contributed by atoms with Gasteiger partial charge in [0, 0.05) is 46.6 Å². The summed E-state index contributed by atoms with van der Waals surface area (Å²) in [5.74, 6) is 0.512. The van der Waals surface area contributed by atoms with E-state index in [4.69, 9.17) is 0 Å². The molecule has 0 radical (unpaired) electrons. The van der Waals surface area contributed by atoms with Crippen LogP contribution in [0.5, 0.6) is 0 Å². The number of aliphatic hydroxyl groups excluding tert-OH is 3. The molecular weight excluding hydrogens is 1020 g/mol. The molecule has 7 nitrogen and oxygen atoms in total. The van der Waals surface area contributed by atoms with Gasteiger partial charge in [-0.2, -0.15) is 0 Å². The van der Waals surface area contributed by atoms with E-state index >= 15 is 0 Å². The van der Waals surface area contributed by atoms with Gasteiger partial charge >= 0.3 is 5.97 Å². The Hall–Kier alpha value is -5.37. The van der Waals surface area contributed by atoms with Gasteiger partial charge in [-0.05, 0) is 212 Å². The van der Waals surface area contributed by atoms with Gasteiger partial charge < -0.3 is 31.1 Å². The molecule has 18 rings (SSSR count). The number of unbranched alkanes of at least 4 members (excludes halogenated alkanes) is 2. The van der Waals surface area contributed by atoms with Gasteiger partial charge in [0.1, 0.15) is 0 Å². The zero-order valence-electron chi connectivity index (χ0n) is 50.1. The average Bonchev–Trinajstić information content (AvgIpc) is 1.71. The predicted octanol–water partition coefficient (Wildman–Crippen LogP) is 14.0. The summed E-state index contributed by atoms with van der Waals surface area (Å²) in [6.07, 6.45) is 37.3. The Labute approximate surface area is 495 Å². The number of rotatable bonds is 8. The lowest BCUT2D eigenvalue weighted by Gasteiger charge is -2.74. The molecule has 15 bridgehead atoms. The Bertz CT molecular complexity index is 3370. The largest absolute Gasteiger partial charge is 0.516 e. The molecule has 0 amide bonds. The standard InChI is InChI=1S/C76H94N2O5/c1-4-5-7-16-48-17-12-18-49(35-48)36-51-38-57-41-64-65-44-74-32-15-31-72(2)67(81)30-33-76(64,71(72)74)63-40-54-22-10-11-24-59(54)61(62(63)43-74)39-50-19-13-23-53(37-50)55-27-29-68(78-46-55)77-34-14-25-58(52-20-8-6-9-21-52)56(47-79)26-28-60(70(82)83)69-66(80)45-75(65,42-51)73(57,69)3/h10-13,15,17-19,22-24,27,29,32,35,37,40,43,47,51-52,57-58,60,63,66-67,69,71,77-81H,4-9,14,16,20-21,25-26,28,30-31,33-34,36,38-39,41-42,44-46H2,1-3H3,(H,82,83). The first-order chi connectivity index (χ1) is 40.3. The van der Waals surface area contributed by atoms with Crippen LogP contribution in [0, 0.1) is 74.4 Å². The van der Waals surface area contributed by atoms with Crippen LogP contribution in [0.2, 0.25) is 0 Å². The van der Waals surface area contributed by atoms with Crippen LogP contribution in [-0.2, 0) is 24.1 Å². The van der Waals surface area contributed by atoms with Crippen molar-refractivity contribution in [1.82, 2.24) is 10.6 Å². The van der Waals surface area contributed by atoms with E-state index in [0.29, 0.717) is 31.1 Å². The summed E-state index contributed by atoms with van der Waals surface area (Å²) in [7, 11) is 0. The first kappa shape index (κ1) is 55.5. The lowest BCUT2D eigenvalue weighted by Crippen LogP contribution is -2.69. The molecule has 6 aliphatic heterocycles. The minimum absolute atomic E-state index is 0.0969. The maximum Gasteiger partial charge on any atom is 0.306 e. The number of aliphatic carboxylic acids is 1. The second-order valence-electron chi connectivity index (χ2n) is 29.3. The molecule has 7 heteroatoms. The molecule has 83 heavy (non-hydrogen) atoms. The Kier molecular flexibility index (Phi) is 14.4. The van der Waals surface area contributed by atoms with Crippen molar-refractivity contribution in [2.45, 2.75) is 181 Å². The van der Waals surface area contributed by atoms with Gasteiger partial charge in [0.2, 0.25) is 0 Å². The molecule has 0 aromatic heterocycles. The van der Waals surface area contributed by atoms with Crippen molar-refractivity contribution in [2.24, 2.45) is 74.4 Å². The van der Waals surface area contributed by atoms with Gasteiger partial charge in [0.05, 0.1) is 30.2 Å². The quantitative estimate of drug-likeness (QED) is 0.0755. The molecule has 3 aromatic rings. The average molecular weight is 1120 g/mol. The third-order valence-electron chi connectivity index (χ3n) is 25.4. The van der Waals surface area contributed by atoms with Gasteiger partial charge in [0.15, 0.2) is 0 Å². The number of aliphatic hydroxyl groups is 3. The normalized spacial score (nSPS) is 38.6. The highest BCUT2D eigenvalue weighted by Crippen LogP contribution is 2.83. The topological polar surface area (TPSA) is 122 Å². The Morgan fingerprint density at radius 1 is 0.855 bits per heavy atom. The van der Waals surface area contributed by atoms with Gasteiger partial charge in [-0.1, -0.05) is 167 Å². The van der Waals surface area contributed by atoms with Crippen LogP contribution in [-0.4, -0.2) is 51.7 Å². The highest BCUT2D eigenvalue weighted by Gasteiger charge is 2.77. The van der Waals surface area contributed by atoms with E-state index in [1.165, 1.54) is 94.2 Å². The summed E-state index contributed by atoms with van der Waals surface area (Å²) >= 11 is 0. The minimum atomic E-state index is -0.794. The molecule has 0 saturated heterocycles. The zero-order valence-corrected chi connectivity index (χ0v) is 50.1. The predicted molar refractivity (Wildman–Crippen MR) is 334 cm³/mol. The van der Waals surface area contributed by atoms with Gasteiger partial charge in [-0.15, -0.1) is 0 Å². The summed E-state index contributed by atoms with van der Waals surface area (Å²) in [5, 5.41) is 59.5. The minimum Gasteiger partial charge on any atom is -0.516 e. The lowest BCUT2D eigenvalue weighted by molar-refractivity contribution is -0.172. The van der Waals surface area contributed by atoms with E-state index in [0.717, 1.165) is 114 Å². The van der Waals surface area contributed by atoms with Crippen LogP contribution < -0.4 is 21.1 Å². The smallest absolute Gasteiger partial charge is 0.306 e. The van der Waals surface area contributed by atoms with Crippen LogP contribution in [0.15, 0.2) is 138 Å². The first-order valence-corrected chi connectivity index (χ1v) is 33.2. The number of benzene rings is 3. The number of fused-ring (bicyclic) bond motifs is 1. The Morgan fingerprint density at radius 3 is 2.52 bits per heavy atom. The number of dihydropyridines is 1. The maximum absolute atomic E-state index is 14.5. The van der Waals surface area contributed by atoms with Crippen LogP contribution >= 0.6 is 0 Å². The number of aryl methyl sites for hydroxylation is 1. The molecule has 2 spiro atoms. The number of allylic oxidation sites excluding steroid dienone is 9. The van der Waals surface area contributed by atoms with Crippen LogP contribution in [0.4, 0.5) is 0 Å². The third kappa shape index (κ3) is 8.85. The van der Waals surface area contributed by atoms with E-state index in [-0.39, 0.29) is 39.9 Å². The first-order valence-electron chi connectivity index (χ1n) is 33.2. The van der Waals surface area contributed by atoms with E-state index < -0.39 is 40.8 Å². The molecule has 3 aromatic carbocycles. The van der Waals surface area contributed by atoms with Crippen molar-refractivity contribution in [3.63, 3.8) is 0 Å². The van der Waals surface area contributed by atoms with Crippen molar-refractivity contribution in [1.29, 1.82) is 0 Å². The third-order valence-corrected chi connectivity index (χ3v) is 25.4. The van der Waals surface area contributed by atoms with E-state index in [1.807, 2.05) is 0 Å².